The maximum Gasteiger partial charge on any atom is 0.335 e. The van der Waals surface area contributed by atoms with Crippen molar-refractivity contribution in [2.75, 3.05) is 6.61 Å². The van der Waals surface area contributed by atoms with Gasteiger partial charge in [0.2, 0.25) is 0 Å². The maximum atomic E-state index is 9.77. The van der Waals surface area contributed by atoms with E-state index in [1.165, 1.54) is 20.8 Å². The zero-order valence-electron chi connectivity index (χ0n) is 7.48. The minimum Gasteiger partial charge on any atom is -0.479 e. The monoisotopic (exact) mass is 180 g/mol. The molecular formula is C7H16O5. The molecule has 0 saturated carbocycles. The molecular weight excluding hydrogens is 164 g/mol. The van der Waals surface area contributed by atoms with Gasteiger partial charge in [-0.05, 0) is 20.8 Å². The van der Waals surface area contributed by atoms with E-state index in [0.29, 0.717) is 0 Å². The summed E-state index contributed by atoms with van der Waals surface area (Å²) in [6, 6.07) is 0. The highest BCUT2D eigenvalue weighted by Crippen LogP contribution is 1.97. The molecule has 0 saturated heterocycles. The van der Waals surface area contributed by atoms with Crippen molar-refractivity contribution in [3.8, 4) is 0 Å². The van der Waals surface area contributed by atoms with Crippen LogP contribution in [-0.4, -0.2) is 44.7 Å². The number of hydrogen-bond donors (Lipinski definition) is 4. The number of aliphatic hydroxyl groups excluding tert-OH is 2. The maximum absolute atomic E-state index is 9.77. The Morgan fingerprint density at radius 3 is 1.67 bits per heavy atom. The van der Waals surface area contributed by atoms with Crippen molar-refractivity contribution in [2.45, 2.75) is 32.5 Å². The van der Waals surface area contributed by atoms with Crippen molar-refractivity contribution >= 4 is 5.97 Å². The summed E-state index contributed by atoms with van der Waals surface area (Å²) in [5.74, 6) is -1.20. The van der Waals surface area contributed by atoms with Crippen LogP contribution in [0.2, 0.25) is 0 Å². The molecule has 0 fully saturated rings. The standard InChI is InChI=1S/C4H8O3.C3H8O2/c1-4(2,7)3(5)6;1-3(5)2-4/h7H,1-2H3,(H,5,6);3-5H,2H2,1H3. The largest absolute Gasteiger partial charge is 0.479 e. The number of hydrogen-bond acceptors (Lipinski definition) is 4. The molecule has 0 aromatic rings. The first kappa shape index (κ1) is 13.9. The summed E-state index contributed by atoms with van der Waals surface area (Å²) in [5.41, 5.74) is -1.58. The third-order valence-electron chi connectivity index (χ3n) is 0.788. The van der Waals surface area contributed by atoms with Crippen LogP contribution >= 0.6 is 0 Å². The Bertz CT molecular complexity index is 124. The smallest absolute Gasteiger partial charge is 0.335 e. The van der Waals surface area contributed by atoms with E-state index >= 15 is 0 Å². The average Bonchev–Trinajstić information content (AvgIpc) is 1.87. The van der Waals surface area contributed by atoms with Crippen molar-refractivity contribution < 1.29 is 25.2 Å². The third kappa shape index (κ3) is 12.1. The van der Waals surface area contributed by atoms with E-state index in [1.807, 2.05) is 0 Å². The molecule has 5 heteroatoms. The van der Waals surface area contributed by atoms with Gasteiger partial charge >= 0.3 is 5.97 Å². The van der Waals surface area contributed by atoms with E-state index in [9.17, 15) is 4.79 Å². The molecule has 0 aromatic carbocycles. The highest BCUT2D eigenvalue weighted by molar-refractivity contribution is 5.75. The Balaban J connectivity index is 0. The minimum absolute atomic E-state index is 0.139. The summed E-state index contributed by atoms with van der Waals surface area (Å²) in [6.45, 7) is 3.82. The van der Waals surface area contributed by atoms with Gasteiger partial charge in [0.25, 0.3) is 0 Å². The molecule has 0 aliphatic heterocycles. The molecule has 1 atom stereocenters. The molecule has 0 aliphatic carbocycles. The molecule has 4 N–H and O–H groups in total. The van der Waals surface area contributed by atoms with Crippen LogP contribution in [0.4, 0.5) is 0 Å². The van der Waals surface area contributed by atoms with Crippen LogP contribution in [0, 0.1) is 0 Å². The van der Waals surface area contributed by atoms with Crippen LogP contribution in [0.15, 0.2) is 0 Å². The predicted molar refractivity (Wildman–Crippen MR) is 42.7 cm³/mol. The van der Waals surface area contributed by atoms with Crippen LogP contribution in [0.3, 0.4) is 0 Å². The van der Waals surface area contributed by atoms with Gasteiger partial charge in [0.05, 0.1) is 12.7 Å². The third-order valence-corrected chi connectivity index (χ3v) is 0.788. The average molecular weight is 180 g/mol. The highest BCUT2D eigenvalue weighted by atomic mass is 16.4. The predicted octanol–water partition coefficient (Wildman–Crippen LogP) is -0.799. The molecule has 0 bridgehead atoms. The summed E-state index contributed by atoms with van der Waals surface area (Å²) in [4.78, 5) is 9.77. The van der Waals surface area contributed by atoms with Crippen LogP contribution in [-0.2, 0) is 4.79 Å². The molecule has 0 radical (unpaired) electrons. The molecule has 0 spiro atoms. The van der Waals surface area contributed by atoms with Crippen LogP contribution in [0.5, 0.6) is 0 Å². The SMILES string of the molecule is CC(C)(O)C(=O)O.CC(O)CO. The Hall–Kier alpha value is -0.650. The van der Waals surface area contributed by atoms with Crippen LogP contribution in [0.25, 0.3) is 0 Å². The molecule has 74 valence electrons. The fraction of sp³-hybridized carbons (Fsp3) is 0.857. The Morgan fingerprint density at radius 1 is 1.50 bits per heavy atom. The molecule has 0 aromatic heterocycles. The Labute approximate surface area is 71.3 Å². The van der Waals surface area contributed by atoms with Gasteiger partial charge in [0.15, 0.2) is 5.60 Å². The molecule has 0 aliphatic rings. The zero-order chi connectivity index (χ0) is 10.4. The van der Waals surface area contributed by atoms with Crippen LogP contribution < -0.4 is 0 Å². The van der Waals surface area contributed by atoms with Crippen molar-refractivity contribution in [1.29, 1.82) is 0 Å². The first-order valence-electron chi connectivity index (χ1n) is 3.46. The number of aliphatic hydroxyl groups is 3. The zero-order valence-corrected chi connectivity index (χ0v) is 7.48. The van der Waals surface area contributed by atoms with Gasteiger partial charge in [-0.1, -0.05) is 0 Å². The van der Waals surface area contributed by atoms with Gasteiger partial charge in [-0.25, -0.2) is 4.79 Å². The van der Waals surface area contributed by atoms with Crippen molar-refractivity contribution in [3.05, 3.63) is 0 Å². The second-order valence-electron chi connectivity index (χ2n) is 2.90. The lowest BCUT2D eigenvalue weighted by Gasteiger charge is -2.07. The van der Waals surface area contributed by atoms with E-state index in [0.717, 1.165) is 0 Å². The number of rotatable bonds is 2. The highest BCUT2D eigenvalue weighted by Gasteiger charge is 2.21. The normalized spacial score (nSPS) is 12.8. The van der Waals surface area contributed by atoms with E-state index in [-0.39, 0.29) is 6.61 Å². The van der Waals surface area contributed by atoms with E-state index in [1.54, 1.807) is 0 Å². The molecule has 5 nitrogen and oxygen atoms in total. The van der Waals surface area contributed by atoms with Crippen molar-refractivity contribution in [2.24, 2.45) is 0 Å². The number of carboxylic acid groups (broad SMARTS) is 1. The van der Waals surface area contributed by atoms with Gasteiger partial charge in [-0.15, -0.1) is 0 Å². The topological polar surface area (TPSA) is 98.0 Å². The van der Waals surface area contributed by atoms with E-state index in [4.69, 9.17) is 20.4 Å². The Kier molecular flexibility index (Phi) is 6.88. The van der Waals surface area contributed by atoms with Crippen LogP contribution in [0.1, 0.15) is 20.8 Å². The second-order valence-corrected chi connectivity index (χ2v) is 2.90. The summed E-state index contributed by atoms with van der Waals surface area (Å²) in [7, 11) is 0. The Morgan fingerprint density at radius 2 is 1.67 bits per heavy atom. The lowest BCUT2D eigenvalue weighted by Crippen LogP contribution is -2.30. The van der Waals surface area contributed by atoms with Crippen molar-refractivity contribution in [3.63, 3.8) is 0 Å². The fourth-order valence-corrected chi connectivity index (χ4v) is 0. The minimum atomic E-state index is -1.58. The van der Waals surface area contributed by atoms with Gasteiger partial charge in [0.1, 0.15) is 0 Å². The number of aliphatic carboxylic acids is 1. The fourth-order valence-electron chi connectivity index (χ4n) is 0. The first-order valence-corrected chi connectivity index (χ1v) is 3.46. The van der Waals surface area contributed by atoms with Gasteiger partial charge in [-0.2, -0.15) is 0 Å². The summed E-state index contributed by atoms with van der Waals surface area (Å²) >= 11 is 0. The summed E-state index contributed by atoms with van der Waals surface area (Å²) < 4.78 is 0. The summed E-state index contributed by atoms with van der Waals surface area (Å²) in [5, 5.41) is 32.5. The lowest BCUT2D eigenvalue weighted by molar-refractivity contribution is -0.154. The number of carboxylic acids is 1. The van der Waals surface area contributed by atoms with Gasteiger partial charge < -0.3 is 20.4 Å². The van der Waals surface area contributed by atoms with Gasteiger partial charge in [-0.3, -0.25) is 0 Å². The molecule has 0 heterocycles. The summed E-state index contributed by atoms with van der Waals surface area (Å²) in [6.07, 6.45) is -0.560. The first-order chi connectivity index (χ1) is 5.21. The van der Waals surface area contributed by atoms with Crippen molar-refractivity contribution in [1.82, 2.24) is 0 Å². The van der Waals surface area contributed by atoms with E-state index < -0.39 is 17.7 Å². The van der Waals surface area contributed by atoms with E-state index in [2.05, 4.69) is 0 Å². The van der Waals surface area contributed by atoms with Gasteiger partial charge in [0, 0.05) is 0 Å². The number of carbonyl (C=O) groups is 1. The quantitative estimate of drug-likeness (QED) is 0.446. The second kappa shape index (κ2) is 5.93. The molecule has 0 amide bonds. The lowest BCUT2D eigenvalue weighted by atomic mass is 10.1. The molecule has 0 rings (SSSR count). The molecule has 12 heavy (non-hydrogen) atoms. The molecule has 1 unspecified atom stereocenters.